The molecule has 0 aromatic heterocycles. The summed E-state index contributed by atoms with van der Waals surface area (Å²) >= 11 is 0. The lowest BCUT2D eigenvalue weighted by atomic mass is 10.1. The van der Waals surface area contributed by atoms with Gasteiger partial charge in [-0.3, -0.25) is 0 Å². The molecule has 4 heteroatoms. The summed E-state index contributed by atoms with van der Waals surface area (Å²) in [7, 11) is 0. The van der Waals surface area contributed by atoms with Crippen LogP contribution in [0.15, 0.2) is 0 Å². The van der Waals surface area contributed by atoms with Crippen LogP contribution in [0.5, 0.6) is 0 Å². The average Bonchev–Trinajstić information content (AvgIpc) is 2.71. The smallest absolute Gasteiger partial charge is 0.317 e. The summed E-state index contributed by atoms with van der Waals surface area (Å²) < 4.78 is 0. The predicted molar refractivity (Wildman–Crippen MR) is 68.8 cm³/mol. The highest BCUT2D eigenvalue weighted by Crippen LogP contribution is 2.20. The highest BCUT2D eigenvalue weighted by Gasteiger charge is 2.26. The number of urea groups is 1. The molecule has 2 aliphatic rings. The number of likely N-dealkylation sites (tertiary alicyclic amines) is 1. The van der Waals surface area contributed by atoms with Crippen LogP contribution in [0.1, 0.15) is 51.4 Å². The maximum atomic E-state index is 12.2. The van der Waals surface area contributed by atoms with Crippen LogP contribution in [0.2, 0.25) is 0 Å². The Balaban J connectivity index is 1.89. The number of hydrogen-bond acceptors (Lipinski definition) is 2. The highest BCUT2D eigenvalue weighted by atomic mass is 16.2. The second-order valence-corrected chi connectivity index (χ2v) is 5.36. The Bertz CT molecular complexity index is 251. The Hall–Kier alpha value is -0.770. The first-order valence-electron chi connectivity index (χ1n) is 7.08. The van der Waals surface area contributed by atoms with Gasteiger partial charge in [0.1, 0.15) is 0 Å². The Labute approximate surface area is 104 Å². The van der Waals surface area contributed by atoms with E-state index in [0.29, 0.717) is 12.6 Å². The van der Waals surface area contributed by atoms with Crippen LogP contribution in [-0.2, 0) is 0 Å². The van der Waals surface area contributed by atoms with Crippen molar-refractivity contribution < 1.29 is 4.79 Å². The van der Waals surface area contributed by atoms with E-state index < -0.39 is 0 Å². The van der Waals surface area contributed by atoms with E-state index in [9.17, 15) is 4.79 Å². The van der Waals surface area contributed by atoms with Gasteiger partial charge in [-0.25, -0.2) is 4.79 Å². The molecule has 0 aromatic rings. The van der Waals surface area contributed by atoms with Crippen LogP contribution >= 0.6 is 0 Å². The topological polar surface area (TPSA) is 58.4 Å². The SMILES string of the molecule is NCC1CCCCCN1C(=O)NC1CCCC1. The van der Waals surface area contributed by atoms with Crippen molar-refractivity contribution in [3.63, 3.8) is 0 Å². The van der Waals surface area contributed by atoms with Gasteiger partial charge in [-0.1, -0.05) is 25.7 Å². The van der Waals surface area contributed by atoms with Crippen LogP contribution < -0.4 is 11.1 Å². The molecule has 1 aliphatic carbocycles. The van der Waals surface area contributed by atoms with Crippen molar-refractivity contribution in [2.45, 2.75) is 63.5 Å². The lowest BCUT2D eigenvalue weighted by molar-refractivity contribution is 0.173. The Morgan fingerprint density at radius 1 is 1.12 bits per heavy atom. The molecule has 4 nitrogen and oxygen atoms in total. The zero-order valence-corrected chi connectivity index (χ0v) is 10.7. The second-order valence-electron chi connectivity index (χ2n) is 5.36. The normalized spacial score (nSPS) is 26.9. The maximum Gasteiger partial charge on any atom is 0.317 e. The van der Waals surface area contributed by atoms with Crippen molar-refractivity contribution in [3.8, 4) is 0 Å². The quantitative estimate of drug-likeness (QED) is 0.772. The molecule has 98 valence electrons. The summed E-state index contributed by atoms with van der Waals surface area (Å²) in [6, 6.07) is 0.775. The summed E-state index contributed by atoms with van der Waals surface area (Å²) in [5.41, 5.74) is 5.79. The molecule has 17 heavy (non-hydrogen) atoms. The fraction of sp³-hybridized carbons (Fsp3) is 0.923. The van der Waals surface area contributed by atoms with Gasteiger partial charge in [0.05, 0.1) is 0 Å². The molecule has 1 saturated carbocycles. The lowest BCUT2D eigenvalue weighted by Gasteiger charge is -2.30. The van der Waals surface area contributed by atoms with Crippen molar-refractivity contribution in [1.29, 1.82) is 0 Å². The third-order valence-corrected chi connectivity index (χ3v) is 4.09. The molecule has 1 unspecified atom stereocenters. The predicted octanol–water partition coefficient (Wildman–Crippen LogP) is 1.84. The zero-order valence-electron chi connectivity index (χ0n) is 10.7. The summed E-state index contributed by atoms with van der Waals surface area (Å²) in [6.45, 7) is 1.47. The molecule has 1 saturated heterocycles. The van der Waals surface area contributed by atoms with Gasteiger partial charge in [-0.2, -0.15) is 0 Å². The number of amides is 2. The first-order chi connectivity index (χ1) is 8.31. The van der Waals surface area contributed by atoms with Gasteiger partial charge >= 0.3 is 6.03 Å². The summed E-state index contributed by atoms with van der Waals surface area (Å²) in [5.74, 6) is 0. The zero-order chi connectivity index (χ0) is 12.1. The average molecular weight is 239 g/mol. The van der Waals surface area contributed by atoms with Crippen LogP contribution in [0.3, 0.4) is 0 Å². The van der Waals surface area contributed by atoms with Gasteiger partial charge in [-0.05, 0) is 25.7 Å². The first kappa shape index (κ1) is 12.7. The molecule has 0 radical (unpaired) electrons. The van der Waals surface area contributed by atoms with E-state index in [2.05, 4.69) is 5.32 Å². The van der Waals surface area contributed by atoms with Gasteiger partial charge in [-0.15, -0.1) is 0 Å². The fourth-order valence-corrected chi connectivity index (χ4v) is 3.02. The van der Waals surface area contributed by atoms with Crippen LogP contribution in [0, 0.1) is 0 Å². The van der Waals surface area contributed by atoms with Crippen molar-refractivity contribution in [2.75, 3.05) is 13.1 Å². The molecule has 0 bridgehead atoms. The summed E-state index contributed by atoms with van der Waals surface area (Å²) in [4.78, 5) is 14.2. The molecule has 2 fully saturated rings. The molecule has 3 N–H and O–H groups in total. The van der Waals surface area contributed by atoms with Crippen LogP contribution in [0.4, 0.5) is 4.79 Å². The van der Waals surface area contributed by atoms with Crippen molar-refractivity contribution >= 4 is 6.03 Å². The van der Waals surface area contributed by atoms with E-state index in [1.54, 1.807) is 0 Å². The van der Waals surface area contributed by atoms with Crippen LogP contribution in [0.25, 0.3) is 0 Å². The molecule has 2 amide bonds. The standard InChI is InChI=1S/C13H25N3O/c14-10-12-8-2-1-5-9-16(12)13(17)15-11-6-3-4-7-11/h11-12H,1-10,14H2,(H,15,17). The van der Waals surface area contributed by atoms with E-state index in [1.807, 2.05) is 4.90 Å². The Kier molecular flexibility index (Phi) is 4.66. The molecular formula is C13H25N3O. The van der Waals surface area contributed by atoms with Gasteiger partial charge < -0.3 is 16.0 Å². The third kappa shape index (κ3) is 3.35. The largest absolute Gasteiger partial charge is 0.335 e. The van der Waals surface area contributed by atoms with Gasteiger partial charge in [0, 0.05) is 25.2 Å². The number of rotatable bonds is 2. The lowest BCUT2D eigenvalue weighted by Crippen LogP contribution is -2.50. The van der Waals surface area contributed by atoms with Gasteiger partial charge in [0.2, 0.25) is 0 Å². The van der Waals surface area contributed by atoms with Gasteiger partial charge in [0.25, 0.3) is 0 Å². The molecule has 0 aromatic carbocycles. The van der Waals surface area contributed by atoms with E-state index in [-0.39, 0.29) is 12.1 Å². The number of hydrogen-bond donors (Lipinski definition) is 2. The molecule has 1 aliphatic heterocycles. The van der Waals surface area contributed by atoms with Crippen molar-refractivity contribution in [1.82, 2.24) is 10.2 Å². The summed E-state index contributed by atoms with van der Waals surface area (Å²) in [5, 5.41) is 3.17. The summed E-state index contributed by atoms with van der Waals surface area (Å²) in [6.07, 6.45) is 9.41. The fourth-order valence-electron chi connectivity index (χ4n) is 3.02. The number of carbonyl (C=O) groups is 1. The van der Waals surface area contributed by atoms with E-state index in [0.717, 1.165) is 32.2 Å². The minimum absolute atomic E-state index is 0.120. The van der Waals surface area contributed by atoms with Crippen LogP contribution in [-0.4, -0.2) is 36.1 Å². The molecule has 2 rings (SSSR count). The number of carbonyl (C=O) groups excluding carboxylic acids is 1. The first-order valence-corrected chi connectivity index (χ1v) is 7.08. The maximum absolute atomic E-state index is 12.2. The Morgan fingerprint density at radius 3 is 2.53 bits per heavy atom. The van der Waals surface area contributed by atoms with Crippen molar-refractivity contribution in [3.05, 3.63) is 0 Å². The van der Waals surface area contributed by atoms with E-state index in [1.165, 1.54) is 25.7 Å². The highest BCUT2D eigenvalue weighted by molar-refractivity contribution is 5.75. The van der Waals surface area contributed by atoms with E-state index >= 15 is 0 Å². The third-order valence-electron chi connectivity index (χ3n) is 4.09. The van der Waals surface area contributed by atoms with E-state index in [4.69, 9.17) is 5.73 Å². The second kappa shape index (κ2) is 6.24. The molecule has 0 spiro atoms. The van der Waals surface area contributed by atoms with Crippen molar-refractivity contribution in [2.24, 2.45) is 5.73 Å². The Morgan fingerprint density at radius 2 is 1.82 bits per heavy atom. The molecule has 1 heterocycles. The number of nitrogens with zero attached hydrogens (tertiary/aromatic N) is 1. The number of nitrogens with one attached hydrogen (secondary N) is 1. The molecular weight excluding hydrogens is 214 g/mol. The monoisotopic (exact) mass is 239 g/mol. The number of nitrogens with two attached hydrogens (primary N) is 1. The minimum Gasteiger partial charge on any atom is -0.335 e. The van der Waals surface area contributed by atoms with Gasteiger partial charge in [0.15, 0.2) is 0 Å². The molecule has 1 atom stereocenters. The minimum atomic E-state index is 0.120.